The van der Waals surface area contributed by atoms with Gasteiger partial charge < -0.3 is 14.4 Å². The van der Waals surface area contributed by atoms with Gasteiger partial charge in [0.1, 0.15) is 23.0 Å². The van der Waals surface area contributed by atoms with Crippen molar-refractivity contribution < 1.29 is 23.9 Å². The SMILES string of the molecule is CCOc1ccccc1[C@H]1[C@H](C(=O)c2ccc(OC)cc2)N2c3ccccc3C=CC2C12C(=O)c1ccccc1C2=O. The zero-order valence-electron chi connectivity index (χ0n) is 23.3. The van der Waals surface area contributed by atoms with E-state index >= 15 is 0 Å². The molecule has 3 atom stereocenters. The topological polar surface area (TPSA) is 72.9 Å². The maximum Gasteiger partial charge on any atom is 0.185 e. The van der Waals surface area contributed by atoms with Crippen molar-refractivity contribution in [3.63, 3.8) is 0 Å². The number of hydrogen-bond donors (Lipinski definition) is 0. The zero-order valence-corrected chi connectivity index (χ0v) is 23.3. The minimum absolute atomic E-state index is 0.183. The van der Waals surface area contributed by atoms with Crippen LogP contribution in [-0.4, -0.2) is 43.2 Å². The third kappa shape index (κ3) is 3.48. The van der Waals surface area contributed by atoms with Crippen molar-refractivity contribution in [3.8, 4) is 11.5 Å². The summed E-state index contributed by atoms with van der Waals surface area (Å²) < 4.78 is 11.4. The van der Waals surface area contributed by atoms with Crippen molar-refractivity contribution in [1.29, 1.82) is 0 Å². The van der Waals surface area contributed by atoms with Gasteiger partial charge in [-0.15, -0.1) is 0 Å². The summed E-state index contributed by atoms with van der Waals surface area (Å²) in [5.74, 6) is -0.341. The number of ketones is 3. The Balaban J connectivity index is 1.54. The van der Waals surface area contributed by atoms with E-state index in [1.165, 1.54) is 0 Å². The molecule has 4 aromatic carbocycles. The summed E-state index contributed by atoms with van der Waals surface area (Å²) in [6, 6.07) is 27.7. The van der Waals surface area contributed by atoms with Crippen LogP contribution in [0.4, 0.5) is 5.69 Å². The van der Waals surface area contributed by atoms with Crippen molar-refractivity contribution in [2.45, 2.75) is 24.9 Å². The molecule has 3 aliphatic rings. The lowest BCUT2D eigenvalue weighted by Crippen LogP contribution is -2.48. The number of nitrogens with zero attached hydrogens (tertiary/aromatic N) is 1. The van der Waals surface area contributed by atoms with E-state index in [4.69, 9.17) is 9.47 Å². The average molecular weight is 556 g/mol. The van der Waals surface area contributed by atoms with Gasteiger partial charge in [0.15, 0.2) is 17.3 Å². The first-order chi connectivity index (χ1) is 20.5. The van der Waals surface area contributed by atoms with E-state index in [-0.39, 0.29) is 17.3 Å². The molecule has 0 saturated carbocycles. The van der Waals surface area contributed by atoms with Crippen LogP contribution >= 0.6 is 0 Å². The van der Waals surface area contributed by atoms with Gasteiger partial charge in [0.05, 0.1) is 19.8 Å². The minimum atomic E-state index is -1.58. The maximum atomic E-state index is 14.8. The summed E-state index contributed by atoms with van der Waals surface area (Å²) in [6.45, 7) is 2.29. The highest BCUT2D eigenvalue weighted by atomic mass is 16.5. The fraction of sp³-hybridized carbons (Fsp3) is 0.194. The number of anilines is 1. The molecule has 1 unspecified atom stereocenters. The van der Waals surface area contributed by atoms with Gasteiger partial charge >= 0.3 is 0 Å². The zero-order chi connectivity index (χ0) is 29.0. The molecule has 2 aliphatic heterocycles. The molecule has 7 rings (SSSR count). The van der Waals surface area contributed by atoms with Crippen LogP contribution in [0, 0.1) is 5.41 Å². The number of Topliss-reactive ketones (excluding diaryl/α,β-unsaturated/α-hetero) is 3. The Morgan fingerprint density at radius 3 is 2.17 bits per heavy atom. The molecule has 1 spiro atoms. The summed E-state index contributed by atoms with van der Waals surface area (Å²) in [6.07, 6.45) is 3.90. The second kappa shape index (κ2) is 9.84. The highest BCUT2D eigenvalue weighted by molar-refractivity contribution is 6.32. The molecular weight excluding hydrogens is 526 g/mol. The van der Waals surface area contributed by atoms with Gasteiger partial charge in [-0.2, -0.15) is 0 Å². The van der Waals surface area contributed by atoms with Crippen molar-refractivity contribution in [3.05, 3.63) is 131 Å². The molecule has 208 valence electrons. The lowest BCUT2D eigenvalue weighted by atomic mass is 9.64. The van der Waals surface area contributed by atoms with E-state index in [0.717, 1.165) is 11.3 Å². The largest absolute Gasteiger partial charge is 0.497 e. The molecular formula is C36H29NO5. The number of methoxy groups -OCH3 is 1. The second-order valence-electron chi connectivity index (χ2n) is 10.8. The Hall–Kier alpha value is -4.97. The highest BCUT2D eigenvalue weighted by Gasteiger charge is 2.71. The fourth-order valence-electron chi connectivity index (χ4n) is 7.21. The van der Waals surface area contributed by atoms with Gasteiger partial charge in [-0.1, -0.05) is 72.8 Å². The summed E-state index contributed by atoms with van der Waals surface area (Å²) in [7, 11) is 1.58. The van der Waals surface area contributed by atoms with E-state index in [1.807, 2.05) is 72.5 Å². The van der Waals surface area contributed by atoms with E-state index in [9.17, 15) is 14.4 Å². The van der Waals surface area contributed by atoms with Gasteiger partial charge in [-0.05, 0) is 48.9 Å². The Morgan fingerprint density at radius 2 is 1.48 bits per heavy atom. The van der Waals surface area contributed by atoms with Crippen molar-refractivity contribution in [2.75, 3.05) is 18.6 Å². The quantitative estimate of drug-likeness (QED) is 0.202. The first-order valence-electron chi connectivity index (χ1n) is 14.2. The second-order valence-corrected chi connectivity index (χ2v) is 10.8. The van der Waals surface area contributed by atoms with Crippen LogP contribution in [0.5, 0.6) is 11.5 Å². The van der Waals surface area contributed by atoms with Crippen molar-refractivity contribution in [2.24, 2.45) is 5.41 Å². The molecule has 42 heavy (non-hydrogen) atoms. The van der Waals surface area contributed by atoms with E-state index in [2.05, 4.69) is 0 Å². The van der Waals surface area contributed by atoms with Crippen LogP contribution in [0.3, 0.4) is 0 Å². The number of ether oxygens (including phenoxy) is 2. The predicted molar refractivity (Wildman–Crippen MR) is 161 cm³/mol. The molecule has 0 N–H and O–H groups in total. The molecule has 4 aromatic rings. The van der Waals surface area contributed by atoms with Gasteiger partial charge in [-0.3, -0.25) is 14.4 Å². The normalized spacial score (nSPS) is 21.2. The van der Waals surface area contributed by atoms with E-state index in [1.54, 1.807) is 55.6 Å². The molecule has 0 bridgehead atoms. The molecule has 0 amide bonds. The predicted octanol–water partition coefficient (Wildman–Crippen LogP) is 6.41. The third-order valence-electron chi connectivity index (χ3n) is 8.91. The van der Waals surface area contributed by atoms with Crippen LogP contribution in [0.1, 0.15) is 55.0 Å². The monoisotopic (exact) mass is 555 g/mol. The minimum Gasteiger partial charge on any atom is -0.497 e. The number of benzene rings is 4. The molecule has 1 saturated heterocycles. The highest BCUT2D eigenvalue weighted by Crippen LogP contribution is 2.62. The van der Waals surface area contributed by atoms with Crippen LogP contribution in [0.25, 0.3) is 6.08 Å². The van der Waals surface area contributed by atoms with Gasteiger partial charge in [0.25, 0.3) is 0 Å². The number of para-hydroxylation sites is 2. The van der Waals surface area contributed by atoms with E-state index in [0.29, 0.717) is 40.4 Å². The number of hydrogen-bond acceptors (Lipinski definition) is 6. The van der Waals surface area contributed by atoms with Gasteiger partial charge in [0.2, 0.25) is 0 Å². The number of carbonyl (C=O) groups is 3. The molecule has 1 aliphatic carbocycles. The van der Waals surface area contributed by atoms with Crippen molar-refractivity contribution in [1.82, 2.24) is 0 Å². The fourth-order valence-corrected chi connectivity index (χ4v) is 7.21. The summed E-state index contributed by atoms with van der Waals surface area (Å²) in [4.78, 5) is 46.4. The first-order valence-corrected chi connectivity index (χ1v) is 14.2. The Kier molecular flexibility index (Phi) is 6.08. The lowest BCUT2D eigenvalue weighted by Gasteiger charge is -2.37. The Bertz CT molecular complexity index is 1740. The Morgan fingerprint density at radius 1 is 0.833 bits per heavy atom. The summed E-state index contributed by atoms with van der Waals surface area (Å²) in [5.41, 5.74) is 2.08. The molecule has 6 nitrogen and oxygen atoms in total. The number of rotatable bonds is 6. The van der Waals surface area contributed by atoms with Crippen LogP contribution < -0.4 is 14.4 Å². The first kappa shape index (κ1) is 26.0. The average Bonchev–Trinajstić information content (AvgIpc) is 3.47. The molecule has 0 radical (unpaired) electrons. The van der Waals surface area contributed by atoms with Crippen LogP contribution in [-0.2, 0) is 0 Å². The van der Waals surface area contributed by atoms with Gasteiger partial charge in [-0.25, -0.2) is 0 Å². The molecule has 0 aromatic heterocycles. The summed E-state index contributed by atoms with van der Waals surface area (Å²) in [5, 5.41) is 0. The lowest BCUT2D eigenvalue weighted by molar-refractivity contribution is 0.0664. The smallest absolute Gasteiger partial charge is 0.185 e. The third-order valence-corrected chi connectivity index (χ3v) is 8.91. The Labute approximate surface area is 244 Å². The molecule has 6 heteroatoms. The van der Waals surface area contributed by atoms with Gasteiger partial charge in [0, 0.05) is 33.9 Å². The maximum absolute atomic E-state index is 14.8. The van der Waals surface area contributed by atoms with E-state index < -0.39 is 23.4 Å². The molecule has 2 heterocycles. The standard InChI is InChI=1S/C36H29NO5/c1-3-42-29-15-9-7-13-27(29)31-32(33(38)23-16-19-24(41-2)20-17-23)37-28-14-8-4-10-22(28)18-21-30(37)36(31)34(39)25-11-5-6-12-26(25)35(36)40/h4-21,30-32H,3H2,1-2H3/t30?,31-,32+/m0/s1. The number of carbonyl (C=O) groups excluding carboxylic acids is 3. The van der Waals surface area contributed by atoms with Crippen molar-refractivity contribution >= 4 is 29.1 Å². The van der Waals surface area contributed by atoms with Crippen LogP contribution in [0.2, 0.25) is 0 Å². The summed E-state index contributed by atoms with van der Waals surface area (Å²) >= 11 is 0. The number of fused-ring (bicyclic) bond motifs is 5. The molecule has 1 fully saturated rings. The van der Waals surface area contributed by atoms with Crippen LogP contribution in [0.15, 0.2) is 103 Å².